The molecule has 0 fully saturated rings. The Morgan fingerprint density at radius 1 is 1.29 bits per heavy atom. The van der Waals surface area contributed by atoms with Crippen molar-refractivity contribution in [3.8, 4) is 11.5 Å². The van der Waals surface area contributed by atoms with Crippen molar-refractivity contribution in [2.24, 2.45) is 0 Å². The minimum Gasteiger partial charge on any atom is -0.504 e. The van der Waals surface area contributed by atoms with Crippen LogP contribution in [0.2, 0.25) is 0 Å². The van der Waals surface area contributed by atoms with E-state index in [9.17, 15) is 15.0 Å². The van der Waals surface area contributed by atoms with Crippen molar-refractivity contribution in [1.82, 2.24) is 0 Å². The van der Waals surface area contributed by atoms with E-state index in [0.29, 0.717) is 5.39 Å². The van der Waals surface area contributed by atoms with Crippen molar-refractivity contribution in [2.75, 3.05) is 0 Å². The zero-order valence-corrected chi connectivity index (χ0v) is 6.89. The molecule has 0 saturated carbocycles. The number of hydrogen-bond acceptors (Lipinski definition) is 4. The lowest BCUT2D eigenvalue weighted by atomic mass is 10.1. The number of hydrogen-bond donors (Lipinski definition) is 3. The molecule has 0 saturated heterocycles. The number of fused-ring (bicyclic) bond motifs is 1. The zero-order chi connectivity index (χ0) is 10.3. The van der Waals surface area contributed by atoms with Crippen LogP contribution >= 0.6 is 0 Å². The highest BCUT2D eigenvalue weighted by Crippen LogP contribution is 2.37. The summed E-state index contributed by atoms with van der Waals surface area (Å²) in [5.41, 5.74) is -0.274. The molecule has 3 N–H and O–H groups in total. The molecule has 0 atom stereocenters. The maximum Gasteiger partial charge on any atom is 0.339 e. The van der Waals surface area contributed by atoms with Crippen LogP contribution in [0.5, 0.6) is 11.5 Å². The second kappa shape index (κ2) is 2.66. The smallest absolute Gasteiger partial charge is 0.339 e. The zero-order valence-electron chi connectivity index (χ0n) is 6.89. The Labute approximate surface area is 77.8 Å². The lowest BCUT2D eigenvalue weighted by molar-refractivity contribution is 0.0693. The fraction of sp³-hybridized carbons (Fsp3) is 0. The van der Waals surface area contributed by atoms with E-state index in [2.05, 4.69) is 0 Å². The molecule has 5 heteroatoms. The summed E-state index contributed by atoms with van der Waals surface area (Å²) >= 11 is 0. The molecule has 1 aromatic carbocycles. The Balaban J connectivity index is 2.87. The van der Waals surface area contributed by atoms with Crippen LogP contribution in [0.25, 0.3) is 11.0 Å². The average Bonchev–Trinajstić information content (AvgIpc) is 2.58. The van der Waals surface area contributed by atoms with E-state index in [1.165, 1.54) is 18.4 Å². The van der Waals surface area contributed by atoms with Crippen molar-refractivity contribution >= 4 is 16.9 Å². The third-order valence-electron chi connectivity index (χ3n) is 1.92. The van der Waals surface area contributed by atoms with Crippen LogP contribution in [-0.4, -0.2) is 21.3 Å². The molecule has 14 heavy (non-hydrogen) atoms. The topological polar surface area (TPSA) is 90.9 Å². The Morgan fingerprint density at radius 3 is 2.64 bits per heavy atom. The number of furan rings is 1. The summed E-state index contributed by atoms with van der Waals surface area (Å²) in [6.07, 6.45) is 1.30. The second-order valence-electron chi connectivity index (χ2n) is 2.77. The van der Waals surface area contributed by atoms with Crippen LogP contribution in [0, 0.1) is 0 Å². The van der Waals surface area contributed by atoms with Crippen LogP contribution < -0.4 is 0 Å². The summed E-state index contributed by atoms with van der Waals surface area (Å²) < 4.78 is 4.86. The monoisotopic (exact) mass is 194 g/mol. The highest BCUT2D eigenvalue weighted by Gasteiger charge is 2.18. The van der Waals surface area contributed by atoms with E-state index in [1.54, 1.807) is 0 Å². The lowest BCUT2D eigenvalue weighted by Gasteiger charge is -2.01. The number of phenolic OH excluding ortho intramolecular Hbond substituents is 1. The number of phenols is 2. The number of rotatable bonds is 1. The molecule has 0 bridgehead atoms. The standard InChI is InChI=1S/C9H6O5/c10-6-5(9(12)13)3-4-1-2-14-8(4)7(6)11/h1-3,10-11H,(H,12,13). The molecule has 1 aromatic heterocycles. The van der Waals surface area contributed by atoms with Gasteiger partial charge in [0.2, 0.25) is 5.75 Å². The van der Waals surface area contributed by atoms with Crippen LogP contribution in [0.15, 0.2) is 22.8 Å². The first-order chi connectivity index (χ1) is 6.61. The number of carboxylic acids is 1. The molecule has 0 aliphatic rings. The molecule has 2 rings (SSSR count). The first-order valence-corrected chi connectivity index (χ1v) is 3.76. The van der Waals surface area contributed by atoms with Gasteiger partial charge in [0, 0.05) is 5.39 Å². The quantitative estimate of drug-likeness (QED) is 0.599. The summed E-state index contributed by atoms with van der Waals surface area (Å²) in [7, 11) is 0. The number of benzene rings is 1. The van der Waals surface area contributed by atoms with Gasteiger partial charge in [-0.15, -0.1) is 0 Å². The third kappa shape index (κ3) is 0.990. The largest absolute Gasteiger partial charge is 0.504 e. The summed E-state index contributed by atoms with van der Waals surface area (Å²) in [5, 5.41) is 27.8. The van der Waals surface area contributed by atoms with Gasteiger partial charge in [0.05, 0.1) is 6.26 Å². The minimum atomic E-state index is -1.30. The van der Waals surface area contributed by atoms with Crippen molar-refractivity contribution in [2.45, 2.75) is 0 Å². The van der Waals surface area contributed by atoms with Gasteiger partial charge in [0.25, 0.3) is 0 Å². The Bertz CT molecular complexity index is 511. The first-order valence-electron chi connectivity index (χ1n) is 3.76. The molecule has 2 aromatic rings. The maximum absolute atomic E-state index is 10.6. The summed E-state index contributed by atoms with van der Waals surface area (Å²) in [4.78, 5) is 10.6. The highest BCUT2D eigenvalue weighted by molar-refractivity contribution is 5.99. The molecule has 0 radical (unpaired) electrons. The predicted octanol–water partition coefficient (Wildman–Crippen LogP) is 1.54. The van der Waals surface area contributed by atoms with E-state index in [0.717, 1.165) is 0 Å². The minimum absolute atomic E-state index is 0.0764. The molecule has 0 aliphatic heterocycles. The van der Waals surface area contributed by atoms with Gasteiger partial charge in [-0.1, -0.05) is 0 Å². The average molecular weight is 194 g/mol. The molecule has 72 valence electrons. The Kier molecular flexibility index (Phi) is 1.60. The van der Waals surface area contributed by atoms with Gasteiger partial charge in [0.1, 0.15) is 5.56 Å². The number of aromatic hydroxyl groups is 2. The predicted molar refractivity (Wildman–Crippen MR) is 46.5 cm³/mol. The molecule has 5 nitrogen and oxygen atoms in total. The summed E-state index contributed by atoms with van der Waals surface area (Å²) in [5.74, 6) is -2.54. The molecule has 0 unspecified atom stereocenters. The van der Waals surface area contributed by atoms with Gasteiger partial charge in [0.15, 0.2) is 11.3 Å². The summed E-state index contributed by atoms with van der Waals surface area (Å²) in [6.45, 7) is 0. The van der Waals surface area contributed by atoms with Crippen molar-refractivity contribution in [3.05, 3.63) is 24.0 Å². The second-order valence-corrected chi connectivity index (χ2v) is 2.77. The van der Waals surface area contributed by atoms with Crippen LogP contribution in [0.4, 0.5) is 0 Å². The van der Waals surface area contributed by atoms with Gasteiger partial charge in [-0.25, -0.2) is 4.79 Å². The van der Waals surface area contributed by atoms with E-state index < -0.39 is 17.5 Å². The molecule has 1 heterocycles. The highest BCUT2D eigenvalue weighted by atomic mass is 16.4. The number of aromatic carboxylic acids is 1. The van der Waals surface area contributed by atoms with Gasteiger partial charge in [-0.05, 0) is 12.1 Å². The lowest BCUT2D eigenvalue weighted by Crippen LogP contribution is -1.96. The van der Waals surface area contributed by atoms with Crippen LogP contribution in [0.1, 0.15) is 10.4 Å². The molecule has 0 amide bonds. The summed E-state index contributed by atoms with van der Waals surface area (Å²) in [6, 6.07) is 2.73. The van der Waals surface area contributed by atoms with Gasteiger partial charge < -0.3 is 19.7 Å². The van der Waals surface area contributed by atoms with E-state index in [1.807, 2.05) is 0 Å². The molecular weight excluding hydrogens is 188 g/mol. The molecule has 0 aliphatic carbocycles. The van der Waals surface area contributed by atoms with Crippen LogP contribution in [0.3, 0.4) is 0 Å². The van der Waals surface area contributed by atoms with Crippen molar-refractivity contribution in [3.63, 3.8) is 0 Å². The van der Waals surface area contributed by atoms with Gasteiger partial charge in [-0.2, -0.15) is 0 Å². The number of carboxylic acid groups (broad SMARTS) is 1. The van der Waals surface area contributed by atoms with E-state index >= 15 is 0 Å². The first kappa shape index (κ1) is 8.43. The number of carbonyl (C=O) groups is 1. The molecule has 0 spiro atoms. The van der Waals surface area contributed by atoms with Gasteiger partial charge >= 0.3 is 5.97 Å². The Morgan fingerprint density at radius 2 is 2.00 bits per heavy atom. The Hall–Kier alpha value is -2.17. The third-order valence-corrected chi connectivity index (χ3v) is 1.92. The SMILES string of the molecule is O=C(O)c1cc2ccoc2c(O)c1O. The van der Waals surface area contributed by atoms with Crippen molar-refractivity contribution in [1.29, 1.82) is 0 Å². The molecular formula is C9H6O5. The fourth-order valence-corrected chi connectivity index (χ4v) is 1.25. The maximum atomic E-state index is 10.6. The van der Waals surface area contributed by atoms with Crippen molar-refractivity contribution < 1.29 is 24.5 Å². The van der Waals surface area contributed by atoms with Crippen LogP contribution in [-0.2, 0) is 0 Å². The van der Waals surface area contributed by atoms with E-state index in [4.69, 9.17) is 9.52 Å². The van der Waals surface area contributed by atoms with Gasteiger partial charge in [-0.3, -0.25) is 0 Å². The van der Waals surface area contributed by atoms with E-state index in [-0.39, 0.29) is 11.1 Å². The fourth-order valence-electron chi connectivity index (χ4n) is 1.25. The normalized spacial score (nSPS) is 10.6.